The largest absolute Gasteiger partial charge is 0.377 e. The number of nitrogens with zero attached hydrogens (tertiary/aromatic N) is 5. The standard InChI is InChI=1S/C31H31N7O2/c1-18-13-28(37(3)4)23-16-21(7-9-25(23)33-18)35-30(39)20-11-12-32-27(15-20)31(40)36-22-8-10-26-24(17-22)29(38(5)6)14-19(2)34-26/h7-17H,1-6H3,(H,35,39)(H,36,40). The van der Waals surface area contributed by atoms with E-state index < -0.39 is 5.91 Å². The molecule has 0 saturated heterocycles. The van der Waals surface area contributed by atoms with E-state index in [1.54, 1.807) is 12.1 Å². The summed E-state index contributed by atoms with van der Waals surface area (Å²) in [6, 6.07) is 18.3. The predicted octanol–water partition coefficient (Wildman–Crippen LogP) is 5.43. The molecule has 0 unspecified atom stereocenters. The van der Waals surface area contributed by atoms with Gasteiger partial charge in [-0.3, -0.25) is 24.5 Å². The number of amides is 2. The Kier molecular flexibility index (Phi) is 7.04. The number of pyridine rings is 3. The molecule has 0 aliphatic heterocycles. The highest BCUT2D eigenvalue weighted by atomic mass is 16.2. The number of hydrogen-bond donors (Lipinski definition) is 2. The Hall–Kier alpha value is -5.05. The van der Waals surface area contributed by atoms with Crippen LogP contribution < -0.4 is 20.4 Å². The van der Waals surface area contributed by atoms with Crippen molar-refractivity contribution in [1.29, 1.82) is 0 Å². The van der Waals surface area contributed by atoms with Crippen LogP contribution in [0.3, 0.4) is 0 Å². The minimum absolute atomic E-state index is 0.135. The monoisotopic (exact) mass is 533 g/mol. The highest BCUT2D eigenvalue weighted by Gasteiger charge is 2.15. The first-order valence-electron chi connectivity index (χ1n) is 12.9. The van der Waals surface area contributed by atoms with Gasteiger partial charge in [0.2, 0.25) is 0 Å². The van der Waals surface area contributed by atoms with Crippen LogP contribution in [0, 0.1) is 13.8 Å². The van der Waals surface area contributed by atoms with Gasteiger partial charge in [-0.2, -0.15) is 0 Å². The highest BCUT2D eigenvalue weighted by molar-refractivity contribution is 6.09. The molecule has 202 valence electrons. The van der Waals surface area contributed by atoms with Crippen LogP contribution in [0.4, 0.5) is 22.7 Å². The minimum atomic E-state index is -0.414. The smallest absolute Gasteiger partial charge is 0.274 e. The normalized spacial score (nSPS) is 10.9. The molecular weight excluding hydrogens is 502 g/mol. The topological polar surface area (TPSA) is 103 Å². The summed E-state index contributed by atoms with van der Waals surface area (Å²) in [6.45, 7) is 3.91. The van der Waals surface area contributed by atoms with E-state index in [-0.39, 0.29) is 11.6 Å². The predicted molar refractivity (Wildman–Crippen MR) is 162 cm³/mol. The number of fused-ring (bicyclic) bond motifs is 2. The Labute approximate surface area is 232 Å². The maximum atomic E-state index is 13.1. The number of benzene rings is 2. The number of carbonyl (C=O) groups is 2. The first-order chi connectivity index (χ1) is 19.1. The summed E-state index contributed by atoms with van der Waals surface area (Å²) in [7, 11) is 7.88. The summed E-state index contributed by atoms with van der Waals surface area (Å²) < 4.78 is 0. The van der Waals surface area contributed by atoms with E-state index in [1.807, 2.05) is 94.3 Å². The van der Waals surface area contributed by atoms with Crippen molar-refractivity contribution in [3.05, 3.63) is 89.5 Å². The number of nitrogens with one attached hydrogen (secondary N) is 2. The lowest BCUT2D eigenvalue weighted by atomic mass is 10.1. The molecule has 0 spiro atoms. The Bertz CT molecular complexity index is 1650. The van der Waals surface area contributed by atoms with Crippen LogP contribution in [0.25, 0.3) is 21.8 Å². The molecule has 9 heteroatoms. The van der Waals surface area contributed by atoms with E-state index in [9.17, 15) is 9.59 Å². The van der Waals surface area contributed by atoms with Gasteiger partial charge in [0.15, 0.2) is 0 Å². The summed E-state index contributed by atoms with van der Waals surface area (Å²) in [5, 5.41) is 7.69. The highest BCUT2D eigenvalue weighted by Crippen LogP contribution is 2.29. The zero-order valence-corrected chi connectivity index (χ0v) is 23.4. The molecule has 40 heavy (non-hydrogen) atoms. The SMILES string of the molecule is Cc1cc(N(C)C)c2cc(NC(=O)c3ccnc(C(=O)Nc4ccc5nc(C)cc(N(C)C)c5c4)c3)ccc2n1. The molecule has 2 N–H and O–H groups in total. The lowest BCUT2D eigenvalue weighted by Crippen LogP contribution is -2.17. The molecule has 0 aliphatic carbocycles. The Balaban J connectivity index is 1.36. The first-order valence-corrected chi connectivity index (χ1v) is 12.9. The fraction of sp³-hybridized carbons (Fsp3) is 0.194. The Morgan fingerprint density at radius 1 is 0.650 bits per heavy atom. The van der Waals surface area contributed by atoms with Gasteiger partial charge >= 0.3 is 0 Å². The van der Waals surface area contributed by atoms with Gasteiger partial charge in [0.05, 0.1) is 11.0 Å². The van der Waals surface area contributed by atoms with Crippen molar-refractivity contribution in [2.75, 3.05) is 48.6 Å². The fourth-order valence-electron chi connectivity index (χ4n) is 4.66. The second-order valence-electron chi connectivity index (χ2n) is 10.2. The zero-order valence-electron chi connectivity index (χ0n) is 23.4. The summed E-state index contributed by atoms with van der Waals surface area (Å²) in [6.07, 6.45) is 1.46. The second kappa shape index (κ2) is 10.6. The van der Waals surface area contributed by atoms with Gasteiger partial charge in [0, 0.05) is 84.9 Å². The maximum Gasteiger partial charge on any atom is 0.274 e. The Morgan fingerprint density at radius 2 is 1.15 bits per heavy atom. The lowest BCUT2D eigenvalue weighted by molar-refractivity contribution is 0.102. The van der Waals surface area contributed by atoms with Crippen molar-refractivity contribution < 1.29 is 9.59 Å². The van der Waals surface area contributed by atoms with E-state index in [1.165, 1.54) is 12.3 Å². The van der Waals surface area contributed by atoms with Crippen molar-refractivity contribution in [2.45, 2.75) is 13.8 Å². The molecule has 2 aromatic carbocycles. The second-order valence-corrected chi connectivity index (χ2v) is 10.2. The third kappa shape index (κ3) is 5.40. The molecule has 2 amide bonds. The van der Waals surface area contributed by atoms with Crippen molar-refractivity contribution in [2.24, 2.45) is 0 Å². The van der Waals surface area contributed by atoms with Crippen LogP contribution in [-0.2, 0) is 0 Å². The van der Waals surface area contributed by atoms with E-state index in [0.717, 1.165) is 44.6 Å². The summed E-state index contributed by atoms with van der Waals surface area (Å²) in [5.74, 6) is -0.756. The van der Waals surface area contributed by atoms with E-state index in [0.29, 0.717) is 16.9 Å². The average molecular weight is 534 g/mol. The van der Waals surface area contributed by atoms with Crippen molar-refractivity contribution in [1.82, 2.24) is 15.0 Å². The maximum absolute atomic E-state index is 13.1. The molecule has 0 fully saturated rings. The van der Waals surface area contributed by atoms with E-state index >= 15 is 0 Å². The number of hydrogen-bond acceptors (Lipinski definition) is 7. The molecular formula is C31H31N7O2. The van der Waals surface area contributed by atoms with Crippen molar-refractivity contribution >= 4 is 56.4 Å². The molecule has 0 bridgehead atoms. The zero-order chi connectivity index (χ0) is 28.6. The number of rotatable bonds is 6. The fourth-order valence-corrected chi connectivity index (χ4v) is 4.66. The van der Waals surface area contributed by atoms with Crippen LogP contribution in [0.1, 0.15) is 32.2 Å². The average Bonchev–Trinajstić information content (AvgIpc) is 2.92. The third-order valence-corrected chi connectivity index (χ3v) is 6.56. The summed E-state index contributed by atoms with van der Waals surface area (Å²) >= 11 is 0. The molecule has 0 aliphatic rings. The molecule has 3 heterocycles. The summed E-state index contributed by atoms with van der Waals surface area (Å²) in [4.78, 5) is 43.6. The minimum Gasteiger partial charge on any atom is -0.377 e. The van der Waals surface area contributed by atoms with Gasteiger partial charge in [-0.15, -0.1) is 0 Å². The van der Waals surface area contributed by atoms with Crippen LogP contribution >= 0.6 is 0 Å². The molecule has 5 aromatic rings. The first kappa shape index (κ1) is 26.6. The number of aromatic nitrogens is 3. The molecule has 5 rings (SSSR count). The molecule has 0 radical (unpaired) electrons. The number of anilines is 4. The van der Waals surface area contributed by atoms with Gasteiger partial charge in [-0.25, -0.2) is 0 Å². The van der Waals surface area contributed by atoms with Crippen LogP contribution in [0.2, 0.25) is 0 Å². The third-order valence-electron chi connectivity index (χ3n) is 6.56. The summed E-state index contributed by atoms with van der Waals surface area (Å²) in [5.41, 5.74) is 7.25. The van der Waals surface area contributed by atoms with Gasteiger partial charge in [0.25, 0.3) is 11.8 Å². The van der Waals surface area contributed by atoms with Gasteiger partial charge in [-0.1, -0.05) is 0 Å². The van der Waals surface area contributed by atoms with Crippen molar-refractivity contribution in [3.8, 4) is 0 Å². The molecule has 0 saturated carbocycles. The van der Waals surface area contributed by atoms with Crippen LogP contribution in [0.15, 0.2) is 66.9 Å². The molecule has 3 aromatic heterocycles. The quantitative estimate of drug-likeness (QED) is 0.300. The number of carbonyl (C=O) groups excluding carboxylic acids is 2. The van der Waals surface area contributed by atoms with E-state index in [2.05, 4.69) is 25.6 Å². The number of aryl methyl sites for hydroxylation is 2. The Morgan fingerprint density at radius 3 is 1.65 bits per heavy atom. The van der Waals surface area contributed by atoms with Gasteiger partial charge in [-0.05, 0) is 74.5 Å². The van der Waals surface area contributed by atoms with Gasteiger partial charge in [0.1, 0.15) is 5.69 Å². The van der Waals surface area contributed by atoms with E-state index in [4.69, 9.17) is 0 Å². The lowest BCUT2D eigenvalue weighted by Gasteiger charge is -2.17. The van der Waals surface area contributed by atoms with Gasteiger partial charge < -0.3 is 20.4 Å². The van der Waals surface area contributed by atoms with Crippen molar-refractivity contribution in [3.63, 3.8) is 0 Å². The van der Waals surface area contributed by atoms with Crippen LogP contribution in [0.5, 0.6) is 0 Å². The van der Waals surface area contributed by atoms with Crippen LogP contribution in [-0.4, -0.2) is 55.0 Å². The molecule has 0 atom stereocenters. The molecule has 9 nitrogen and oxygen atoms in total.